The van der Waals surface area contributed by atoms with Gasteiger partial charge in [-0.1, -0.05) is 6.92 Å². The topological polar surface area (TPSA) is 66.2 Å². The van der Waals surface area contributed by atoms with Gasteiger partial charge in [0.25, 0.3) is 5.56 Å². The molecule has 1 saturated heterocycles. The Hall–Kier alpha value is -1.83. The molecule has 0 saturated carbocycles. The molecule has 2 aliphatic heterocycles. The Morgan fingerprint density at radius 3 is 2.96 bits per heavy atom. The number of rotatable bonds is 3. The number of nitrogens with zero attached hydrogens (tertiary/aromatic N) is 3. The Morgan fingerprint density at radius 1 is 1.36 bits per heavy atom. The quantitative estimate of drug-likeness (QED) is 0.673. The highest BCUT2D eigenvalue weighted by molar-refractivity contribution is 7.25. The second-order valence-corrected chi connectivity index (χ2v) is 9.38. The van der Waals surface area contributed by atoms with Gasteiger partial charge in [0, 0.05) is 30.4 Å². The van der Waals surface area contributed by atoms with Gasteiger partial charge in [0.15, 0.2) is 0 Å². The molecule has 0 aromatic carbocycles. The molecule has 0 N–H and O–H groups in total. The van der Waals surface area contributed by atoms with E-state index in [1.165, 1.54) is 11.3 Å². The van der Waals surface area contributed by atoms with Crippen molar-refractivity contribution >= 4 is 31.8 Å². The fraction of sp³-hybridized carbons (Fsp3) is 0.571. The average Bonchev–Trinajstić information content (AvgIpc) is 3.29. The molecule has 148 valence electrons. The van der Waals surface area contributed by atoms with Crippen molar-refractivity contribution < 1.29 is 9.47 Å². The van der Waals surface area contributed by atoms with Gasteiger partial charge >= 0.3 is 0 Å². The minimum absolute atomic E-state index is 0.0369. The van der Waals surface area contributed by atoms with Gasteiger partial charge in [-0.15, -0.1) is 11.3 Å². The lowest BCUT2D eigenvalue weighted by Gasteiger charge is -2.30. The molecule has 6 nitrogen and oxygen atoms in total. The first kappa shape index (κ1) is 18.2. The number of aryl methyl sites for hydroxylation is 1. The molecule has 0 unspecified atom stereocenters. The van der Waals surface area contributed by atoms with Gasteiger partial charge < -0.3 is 9.47 Å². The zero-order valence-corrected chi connectivity index (χ0v) is 17.4. The van der Waals surface area contributed by atoms with Gasteiger partial charge in [0.1, 0.15) is 15.4 Å². The van der Waals surface area contributed by atoms with Crippen LogP contribution in [-0.4, -0.2) is 32.8 Å². The van der Waals surface area contributed by atoms with Crippen LogP contribution in [0.4, 0.5) is 0 Å². The normalized spacial score (nSPS) is 21.5. The summed E-state index contributed by atoms with van der Waals surface area (Å²) in [6.07, 6.45) is 3.67. The third-order valence-corrected chi connectivity index (χ3v) is 6.83. The van der Waals surface area contributed by atoms with E-state index in [0.29, 0.717) is 24.3 Å². The predicted molar refractivity (Wildman–Crippen MR) is 110 cm³/mol. The molecular formula is C21H25N3O3S. The fourth-order valence-electron chi connectivity index (χ4n) is 4.23. The lowest BCUT2D eigenvalue weighted by atomic mass is 9.95. The molecule has 5 heterocycles. The van der Waals surface area contributed by atoms with Crippen LogP contribution in [0.25, 0.3) is 20.4 Å². The maximum Gasteiger partial charge on any atom is 0.271 e. The molecule has 28 heavy (non-hydrogen) atoms. The average molecular weight is 400 g/mol. The Labute approximate surface area is 167 Å². The molecule has 3 aromatic rings. The first-order valence-corrected chi connectivity index (χ1v) is 10.9. The van der Waals surface area contributed by atoms with E-state index < -0.39 is 0 Å². The van der Waals surface area contributed by atoms with Gasteiger partial charge in [0.05, 0.1) is 36.1 Å². The van der Waals surface area contributed by atoms with Gasteiger partial charge in [-0.25, -0.2) is 9.97 Å². The highest BCUT2D eigenvalue weighted by Gasteiger charge is 2.28. The molecule has 3 aromatic heterocycles. The number of ether oxygens (including phenoxy) is 2. The van der Waals surface area contributed by atoms with Gasteiger partial charge in [0.2, 0.25) is 0 Å². The minimum atomic E-state index is -0.202. The SMILES string of the molecule is CCc1nc2c(sc3nc4c(cc32)COC(C)(C)C4)c(=O)n1C[C@@H]1CCCO1. The van der Waals surface area contributed by atoms with Crippen LogP contribution in [0.15, 0.2) is 10.9 Å². The summed E-state index contributed by atoms with van der Waals surface area (Å²) in [5.41, 5.74) is 2.80. The number of aromatic nitrogens is 3. The van der Waals surface area contributed by atoms with E-state index >= 15 is 0 Å². The molecule has 0 radical (unpaired) electrons. The Kier molecular flexibility index (Phi) is 4.30. The molecule has 2 aliphatic rings. The summed E-state index contributed by atoms with van der Waals surface area (Å²) in [5.74, 6) is 0.822. The molecule has 1 atom stereocenters. The van der Waals surface area contributed by atoms with Crippen molar-refractivity contribution in [3.63, 3.8) is 0 Å². The fourth-order valence-corrected chi connectivity index (χ4v) is 5.29. The lowest BCUT2D eigenvalue weighted by molar-refractivity contribution is -0.0411. The zero-order valence-electron chi connectivity index (χ0n) is 16.6. The van der Waals surface area contributed by atoms with Crippen LogP contribution in [0.1, 0.15) is 50.7 Å². The largest absolute Gasteiger partial charge is 0.376 e. The summed E-state index contributed by atoms with van der Waals surface area (Å²) in [4.78, 5) is 24.0. The minimum Gasteiger partial charge on any atom is -0.376 e. The van der Waals surface area contributed by atoms with Gasteiger partial charge in [-0.2, -0.15) is 0 Å². The molecular weight excluding hydrogens is 374 g/mol. The van der Waals surface area contributed by atoms with Crippen LogP contribution in [0, 0.1) is 0 Å². The van der Waals surface area contributed by atoms with Crippen molar-refractivity contribution in [2.75, 3.05) is 6.61 Å². The van der Waals surface area contributed by atoms with E-state index in [-0.39, 0.29) is 17.3 Å². The summed E-state index contributed by atoms with van der Waals surface area (Å²) in [6, 6.07) is 2.13. The van der Waals surface area contributed by atoms with Gasteiger partial charge in [-0.3, -0.25) is 9.36 Å². The zero-order chi connectivity index (χ0) is 19.5. The first-order valence-electron chi connectivity index (χ1n) is 10.1. The van der Waals surface area contributed by atoms with Gasteiger partial charge in [-0.05, 0) is 32.8 Å². The van der Waals surface area contributed by atoms with Crippen molar-refractivity contribution in [2.24, 2.45) is 0 Å². The highest BCUT2D eigenvalue weighted by atomic mass is 32.1. The standard InChI is InChI=1S/C21H25N3O3S/c1-4-16-23-17-14-8-12-11-27-21(2,3)9-15(12)22-19(14)28-18(17)20(25)24(16)10-13-6-5-7-26-13/h8,13H,4-7,9-11H2,1-3H3/t13-/m0/s1. The molecule has 7 heteroatoms. The van der Waals surface area contributed by atoms with Crippen molar-refractivity contribution in [3.05, 3.63) is 33.5 Å². The Morgan fingerprint density at radius 2 is 2.21 bits per heavy atom. The maximum atomic E-state index is 13.3. The summed E-state index contributed by atoms with van der Waals surface area (Å²) in [6.45, 7) is 8.15. The lowest BCUT2D eigenvalue weighted by Crippen LogP contribution is -2.32. The summed E-state index contributed by atoms with van der Waals surface area (Å²) in [5, 5.41) is 0.970. The summed E-state index contributed by atoms with van der Waals surface area (Å²) < 4.78 is 14.2. The van der Waals surface area contributed by atoms with Crippen molar-refractivity contribution in [1.29, 1.82) is 0 Å². The van der Waals surface area contributed by atoms with E-state index in [0.717, 1.165) is 58.7 Å². The predicted octanol–water partition coefficient (Wildman–Crippen LogP) is 3.60. The van der Waals surface area contributed by atoms with Crippen molar-refractivity contribution in [2.45, 2.75) is 71.3 Å². The molecule has 0 spiro atoms. The number of hydrogen-bond acceptors (Lipinski definition) is 6. The van der Waals surface area contributed by atoms with Crippen molar-refractivity contribution in [3.8, 4) is 0 Å². The second-order valence-electron chi connectivity index (χ2n) is 8.38. The summed E-state index contributed by atoms with van der Waals surface area (Å²) >= 11 is 1.46. The number of pyridine rings is 1. The third-order valence-electron chi connectivity index (χ3n) is 5.75. The molecule has 0 bridgehead atoms. The Bertz CT molecular complexity index is 1130. The smallest absolute Gasteiger partial charge is 0.271 e. The van der Waals surface area contributed by atoms with Crippen molar-refractivity contribution in [1.82, 2.24) is 14.5 Å². The van der Waals surface area contributed by atoms with E-state index in [1.807, 2.05) is 11.5 Å². The van der Waals surface area contributed by atoms with E-state index in [4.69, 9.17) is 19.4 Å². The third kappa shape index (κ3) is 2.96. The van der Waals surface area contributed by atoms with E-state index in [2.05, 4.69) is 19.9 Å². The van der Waals surface area contributed by atoms with Crippen LogP contribution in [0.5, 0.6) is 0 Å². The van der Waals surface area contributed by atoms with Crippen LogP contribution in [-0.2, 0) is 35.5 Å². The maximum absolute atomic E-state index is 13.3. The van der Waals surface area contributed by atoms with Crippen LogP contribution < -0.4 is 5.56 Å². The number of hydrogen-bond donors (Lipinski definition) is 0. The van der Waals surface area contributed by atoms with Crippen LogP contribution in [0.2, 0.25) is 0 Å². The Balaban J connectivity index is 1.68. The summed E-state index contributed by atoms with van der Waals surface area (Å²) in [7, 11) is 0. The second kappa shape index (κ2) is 6.61. The monoisotopic (exact) mass is 399 g/mol. The number of thiophene rings is 1. The molecule has 0 aliphatic carbocycles. The molecule has 1 fully saturated rings. The van der Waals surface area contributed by atoms with Crippen LogP contribution >= 0.6 is 11.3 Å². The highest BCUT2D eigenvalue weighted by Crippen LogP contribution is 2.35. The number of fused-ring (bicyclic) bond motifs is 4. The molecule has 5 rings (SSSR count). The van der Waals surface area contributed by atoms with E-state index in [1.54, 1.807) is 0 Å². The van der Waals surface area contributed by atoms with Crippen LogP contribution in [0.3, 0.4) is 0 Å². The molecule has 0 amide bonds. The van der Waals surface area contributed by atoms with E-state index in [9.17, 15) is 4.79 Å². The first-order chi connectivity index (χ1) is 13.4.